The standard InChI is InChI=1S/C13H20N2O2/c16-10-12(17)8-15-7-6-14-13(9-15)11-4-2-1-3-5-11/h1-5,12-14,16-17H,6-10H2. The second-order valence-electron chi connectivity index (χ2n) is 4.51. The molecule has 1 saturated heterocycles. The summed E-state index contributed by atoms with van der Waals surface area (Å²) in [5.74, 6) is 0. The van der Waals surface area contributed by atoms with Crippen molar-refractivity contribution in [2.24, 2.45) is 0 Å². The molecule has 0 amide bonds. The molecule has 2 rings (SSSR count). The van der Waals surface area contributed by atoms with Gasteiger partial charge in [-0.2, -0.15) is 0 Å². The number of β-amino-alcohol motifs (C(OH)–C–C–N with tert-alkyl or cyclic N) is 1. The lowest BCUT2D eigenvalue weighted by Gasteiger charge is -2.34. The van der Waals surface area contributed by atoms with Crippen molar-refractivity contribution in [3.8, 4) is 0 Å². The Kier molecular flexibility index (Phi) is 4.50. The molecule has 1 fully saturated rings. The fourth-order valence-electron chi connectivity index (χ4n) is 2.24. The number of nitrogens with one attached hydrogen (secondary N) is 1. The molecule has 0 radical (unpaired) electrons. The number of aliphatic hydroxyl groups excluding tert-OH is 2. The minimum Gasteiger partial charge on any atom is -0.394 e. The van der Waals surface area contributed by atoms with Gasteiger partial charge in [0.1, 0.15) is 0 Å². The fraction of sp³-hybridized carbons (Fsp3) is 0.538. The SMILES string of the molecule is OCC(O)CN1CCNC(c2ccccc2)C1. The summed E-state index contributed by atoms with van der Waals surface area (Å²) < 4.78 is 0. The van der Waals surface area contributed by atoms with E-state index in [9.17, 15) is 5.11 Å². The highest BCUT2D eigenvalue weighted by molar-refractivity contribution is 5.19. The maximum absolute atomic E-state index is 9.45. The van der Waals surface area contributed by atoms with Gasteiger partial charge in [0.2, 0.25) is 0 Å². The number of aliphatic hydroxyl groups is 2. The van der Waals surface area contributed by atoms with Gasteiger partial charge in [-0.15, -0.1) is 0 Å². The van der Waals surface area contributed by atoms with Gasteiger partial charge < -0.3 is 15.5 Å². The Hall–Kier alpha value is -0.940. The zero-order valence-electron chi connectivity index (χ0n) is 9.92. The molecule has 4 heteroatoms. The van der Waals surface area contributed by atoms with Crippen LogP contribution in [0.3, 0.4) is 0 Å². The summed E-state index contributed by atoms with van der Waals surface area (Å²) >= 11 is 0. The zero-order chi connectivity index (χ0) is 12.1. The van der Waals surface area contributed by atoms with E-state index >= 15 is 0 Å². The van der Waals surface area contributed by atoms with Gasteiger partial charge in [-0.25, -0.2) is 0 Å². The summed E-state index contributed by atoms with van der Waals surface area (Å²) in [6, 6.07) is 10.6. The number of rotatable bonds is 4. The molecular weight excluding hydrogens is 216 g/mol. The Morgan fingerprint density at radius 2 is 2.12 bits per heavy atom. The van der Waals surface area contributed by atoms with Gasteiger partial charge in [0.25, 0.3) is 0 Å². The third-order valence-electron chi connectivity index (χ3n) is 3.14. The van der Waals surface area contributed by atoms with Crippen molar-refractivity contribution >= 4 is 0 Å². The summed E-state index contributed by atoms with van der Waals surface area (Å²) in [5.41, 5.74) is 1.27. The Balaban J connectivity index is 1.93. The van der Waals surface area contributed by atoms with Gasteiger partial charge in [-0.1, -0.05) is 30.3 Å². The van der Waals surface area contributed by atoms with E-state index in [0.29, 0.717) is 12.6 Å². The normalized spacial score (nSPS) is 23.5. The minimum absolute atomic E-state index is 0.167. The van der Waals surface area contributed by atoms with Gasteiger partial charge in [-0.05, 0) is 5.56 Å². The molecule has 1 aliphatic rings. The molecule has 0 bridgehead atoms. The van der Waals surface area contributed by atoms with Crippen LogP contribution in [0.1, 0.15) is 11.6 Å². The monoisotopic (exact) mass is 236 g/mol. The van der Waals surface area contributed by atoms with Crippen LogP contribution in [0.4, 0.5) is 0 Å². The highest BCUT2D eigenvalue weighted by Gasteiger charge is 2.21. The van der Waals surface area contributed by atoms with E-state index in [0.717, 1.165) is 19.6 Å². The van der Waals surface area contributed by atoms with Crippen molar-refractivity contribution in [2.45, 2.75) is 12.1 Å². The van der Waals surface area contributed by atoms with Gasteiger partial charge in [-0.3, -0.25) is 4.90 Å². The molecule has 1 aliphatic heterocycles. The second-order valence-corrected chi connectivity index (χ2v) is 4.51. The van der Waals surface area contributed by atoms with Gasteiger partial charge in [0.05, 0.1) is 12.7 Å². The van der Waals surface area contributed by atoms with Crippen LogP contribution in [-0.2, 0) is 0 Å². The van der Waals surface area contributed by atoms with Gasteiger partial charge in [0.15, 0.2) is 0 Å². The molecule has 0 aromatic heterocycles. The molecule has 1 aromatic rings. The lowest BCUT2D eigenvalue weighted by molar-refractivity contribution is 0.0496. The quantitative estimate of drug-likeness (QED) is 0.688. The van der Waals surface area contributed by atoms with Crippen LogP contribution >= 0.6 is 0 Å². The van der Waals surface area contributed by atoms with Crippen molar-refractivity contribution in [1.29, 1.82) is 0 Å². The summed E-state index contributed by atoms with van der Waals surface area (Å²) in [6.07, 6.45) is -0.635. The topological polar surface area (TPSA) is 55.7 Å². The number of nitrogens with zero attached hydrogens (tertiary/aromatic N) is 1. The number of benzene rings is 1. The van der Waals surface area contributed by atoms with Gasteiger partial charge >= 0.3 is 0 Å². The lowest BCUT2D eigenvalue weighted by atomic mass is 10.0. The van der Waals surface area contributed by atoms with Crippen LogP contribution in [-0.4, -0.2) is 54.0 Å². The number of hydrogen-bond donors (Lipinski definition) is 3. The van der Waals surface area contributed by atoms with Gasteiger partial charge in [0, 0.05) is 32.2 Å². The van der Waals surface area contributed by atoms with Crippen molar-refractivity contribution < 1.29 is 10.2 Å². The van der Waals surface area contributed by atoms with Crippen molar-refractivity contribution in [3.05, 3.63) is 35.9 Å². The third kappa shape index (κ3) is 3.51. The van der Waals surface area contributed by atoms with E-state index in [1.165, 1.54) is 5.56 Å². The predicted octanol–water partition coefficient (Wildman–Crippen LogP) is -0.0139. The molecule has 1 aromatic carbocycles. The fourth-order valence-corrected chi connectivity index (χ4v) is 2.24. The predicted molar refractivity (Wildman–Crippen MR) is 66.7 cm³/mol. The molecule has 94 valence electrons. The van der Waals surface area contributed by atoms with Crippen molar-refractivity contribution in [3.63, 3.8) is 0 Å². The van der Waals surface area contributed by atoms with Crippen LogP contribution in [0.2, 0.25) is 0 Å². The average Bonchev–Trinajstić information content (AvgIpc) is 2.40. The molecular formula is C13H20N2O2. The summed E-state index contributed by atoms with van der Waals surface area (Å²) in [6.45, 7) is 3.08. The molecule has 0 saturated carbocycles. The van der Waals surface area contributed by atoms with Crippen molar-refractivity contribution in [1.82, 2.24) is 10.2 Å². The first kappa shape index (κ1) is 12.5. The van der Waals surface area contributed by atoms with E-state index < -0.39 is 6.10 Å². The highest BCUT2D eigenvalue weighted by atomic mass is 16.3. The first-order valence-corrected chi connectivity index (χ1v) is 6.09. The van der Waals surface area contributed by atoms with Crippen LogP contribution in [0, 0.1) is 0 Å². The van der Waals surface area contributed by atoms with Crippen LogP contribution in [0.25, 0.3) is 0 Å². The molecule has 0 aliphatic carbocycles. The Morgan fingerprint density at radius 1 is 1.35 bits per heavy atom. The summed E-state index contributed by atoms with van der Waals surface area (Å²) in [7, 11) is 0. The molecule has 2 atom stereocenters. The smallest absolute Gasteiger partial charge is 0.0897 e. The maximum atomic E-state index is 9.45. The number of hydrogen-bond acceptors (Lipinski definition) is 4. The first-order chi connectivity index (χ1) is 8.29. The van der Waals surface area contributed by atoms with E-state index in [2.05, 4.69) is 22.3 Å². The molecule has 3 N–H and O–H groups in total. The van der Waals surface area contributed by atoms with E-state index in [4.69, 9.17) is 5.11 Å². The molecule has 17 heavy (non-hydrogen) atoms. The number of piperazine rings is 1. The highest BCUT2D eigenvalue weighted by Crippen LogP contribution is 2.16. The Bertz CT molecular complexity index is 331. The Morgan fingerprint density at radius 3 is 2.82 bits per heavy atom. The summed E-state index contributed by atoms with van der Waals surface area (Å²) in [4.78, 5) is 2.19. The Labute approximate surface area is 102 Å². The van der Waals surface area contributed by atoms with E-state index in [1.807, 2.05) is 18.2 Å². The van der Waals surface area contributed by atoms with E-state index in [1.54, 1.807) is 0 Å². The molecule has 0 spiro atoms. The molecule has 2 unspecified atom stereocenters. The largest absolute Gasteiger partial charge is 0.394 e. The van der Waals surface area contributed by atoms with Crippen LogP contribution in [0.5, 0.6) is 0 Å². The minimum atomic E-state index is -0.635. The first-order valence-electron chi connectivity index (χ1n) is 6.09. The summed E-state index contributed by atoms with van der Waals surface area (Å²) in [5, 5.41) is 21.8. The van der Waals surface area contributed by atoms with Crippen molar-refractivity contribution in [2.75, 3.05) is 32.8 Å². The average molecular weight is 236 g/mol. The van der Waals surface area contributed by atoms with Crippen LogP contribution in [0.15, 0.2) is 30.3 Å². The van der Waals surface area contributed by atoms with E-state index in [-0.39, 0.29) is 6.61 Å². The second kappa shape index (κ2) is 6.12. The molecule has 4 nitrogen and oxygen atoms in total. The maximum Gasteiger partial charge on any atom is 0.0897 e. The van der Waals surface area contributed by atoms with Crippen LogP contribution < -0.4 is 5.32 Å². The zero-order valence-corrected chi connectivity index (χ0v) is 9.92. The third-order valence-corrected chi connectivity index (χ3v) is 3.14. The lowest BCUT2D eigenvalue weighted by Crippen LogP contribution is -2.48. The molecule has 1 heterocycles.